The monoisotopic (exact) mass is 463 g/mol. The van der Waals surface area contributed by atoms with Gasteiger partial charge in [-0.05, 0) is 32.3 Å². The quantitative estimate of drug-likeness (QED) is 0.629. The van der Waals surface area contributed by atoms with Gasteiger partial charge in [-0.2, -0.15) is 0 Å². The van der Waals surface area contributed by atoms with Gasteiger partial charge in [0.2, 0.25) is 0 Å². The summed E-state index contributed by atoms with van der Waals surface area (Å²) in [6, 6.07) is 10.5. The molecule has 1 aliphatic carbocycles. The first kappa shape index (κ1) is 22.8. The number of anilines is 1. The first-order valence-electron chi connectivity index (χ1n) is 12.1. The molecule has 1 aromatic heterocycles. The lowest BCUT2D eigenvalue weighted by atomic mass is 9.61. The number of Topliss-reactive ketones (excluding diaryl/α,β-unsaturated/α-hetero) is 1. The number of amides is 1. The molecule has 3 aliphatic rings. The van der Waals surface area contributed by atoms with Gasteiger partial charge < -0.3 is 9.64 Å². The second-order valence-corrected chi connectivity index (χ2v) is 10.4. The molecule has 5 rings (SSSR count). The molecule has 8 heteroatoms. The summed E-state index contributed by atoms with van der Waals surface area (Å²) in [5.74, 6) is 0.625. The minimum atomic E-state index is -0.210. The van der Waals surface area contributed by atoms with E-state index in [2.05, 4.69) is 50.1 Å². The molecule has 2 aliphatic heterocycles. The maximum absolute atomic E-state index is 13.0. The Morgan fingerprint density at radius 3 is 2.29 bits per heavy atom. The molecule has 2 saturated heterocycles. The molecule has 0 N–H and O–H groups in total. The average molecular weight is 464 g/mol. The Bertz CT molecular complexity index is 1020. The summed E-state index contributed by atoms with van der Waals surface area (Å²) in [6.07, 6.45) is 4.89. The number of nitrogens with zero attached hydrogens (tertiary/aromatic N) is 5. The van der Waals surface area contributed by atoms with Gasteiger partial charge in [0.25, 0.3) is 0 Å². The summed E-state index contributed by atoms with van der Waals surface area (Å²) >= 11 is 0. The summed E-state index contributed by atoms with van der Waals surface area (Å²) in [4.78, 5) is 39.5. The number of hydrogen-bond acceptors (Lipinski definition) is 7. The number of carbonyl (C=O) groups excluding carboxylic acids is 2. The molecule has 1 aromatic carbocycles. The number of aromatic nitrogens is 2. The van der Waals surface area contributed by atoms with E-state index >= 15 is 0 Å². The Kier molecular flexibility index (Phi) is 6.02. The normalized spacial score (nSPS) is 24.4. The lowest BCUT2D eigenvalue weighted by molar-refractivity contribution is -0.137. The number of benzene rings is 1. The van der Waals surface area contributed by atoms with Gasteiger partial charge in [0, 0.05) is 45.1 Å². The number of ketones is 1. The fourth-order valence-corrected chi connectivity index (χ4v) is 5.84. The fourth-order valence-electron chi connectivity index (χ4n) is 5.84. The summed E-state index contributed by atoms with van der Waals surface area (Å²) in [5, 5.41) is 0. The second kappa shape index (κ2) is 8.98. The number of carbonyl (C=O) groups is 2. The molecular weight excluding hydrogens is 430 g/mol. The van der Waals surface area contributed by atoms with Crippen molar-refractivity contribution in [3.63, 3.8) is 0 Å². The number of piperazine rings is 1. The summed E-state index contributed by atoms with van der Waals surface area (Å²) < 4.78 is 5.92. The van der Waals surface area contributed by atoms with Crippen LogP contribution >= 0.6 is 0 Å². The lowest BCUT2D eigenvalue weighted by Gasteiger charge is -2.58. The highest BCUT2D eigenvalue weighted by Crippen LogP contribution is 2.50. The zero-order chi connectivity index (χ0) is 23.9. The molecule has 2 aromatic rings. The fraction of sp³-hybridized carbons (Fsp3) is 0.538. The van der Waals surface area contributed by atoms with Gasteiger partial charge in [0.05, 0.1) is 24.5 Å². The molecule has 1 spiro atoms. The van der Waals surface area contributed by atoms with Crippen molar-refractivity contribution in [1.82, 2.24) is 19.8 Å². The average Bonchev–Trinajstić information content (AvgIpc) is 2.76. The van der Waals surface area contributed by atoms with Crippen LogP contribution in [0, 0.1) is 5.41 Å². The minimum absolute atomic E-state index is 0.00960. The maximum atomic E-state index is 13.0. The topological polar surface area (TPSA) is 78.9 Å². The Labute approximate surface area is 200 Å². The third-order valence-electron chi connectivity index (χ3n) is 7.41. The van der Waals surface area contributed by atoms with Crippen LogP contribution < -0.4 is 4.90 Å². The predicted molar refractivity (Wildman–Crippen MR) is 129 cm³/mol. The maximum Gasteiger partial charge on any atom is 0.410 e. The van der Waals surface area contributed by atoms with E-state index in [0.717, 1.165) is 38.3 Å². The van der Waals surface area contributed by atoms with Crippen molar-refractivity contribution in [2.45, 2.75) is 58.3 Å². The van der Waals surface area contributed by atoms with Gasteiger partial charge in [-0.15, -0.1) is 0 Å². The van der Waals surface area contributed by atoms with Gasteiger partial charge in [0.15, 0.2) is 5.78 Å². The largest absolute Gasteiger partial charge is 0.446 e. The highest BCUT2D eigenvalue weighted by Gasteiger charge is 2.54. The van der Waals surface area contributed by atoms with Crippen LogP contribution in [0.2, 0.25) is 0 Å². The summed E-state index contributed by atoms with van der Waals surface area (Å²) in [5.41, 5.74) is 2.04. The molecule has 2 atom stereocenters. The van der Waals surface area contributed by atoms with Gasteiger partial charge >= 0.3 is 6.09 Å². The smallest absolute Gasteiger partial charge is 0.410 e. The Morgan fingerprint density at radius 1 is 1.03 bits per heavy atom. The van der Waals surface area contributed by atoms with Crippen LogP contribution in [-0.4, -0.2) is 76.0 Å². The lowest BCUT2D eigenvalue weighted by Crippen LogP contribution is -2.65. The van der Waals surface area contributed by atoms with Crippen LogP contribution in [-0.2, 0) is 11.3 Å². The van der Waals surface area contributed by atoms with Crippen LogP contribution in [0.5, 0.6) is 0 Å². The van der Waals surface area contributed by atoms with E-state index in [1.807, 2.05) is 18.7 Å². The molecule has 0 radical (unpaired) electrons. The standard InChI is InChI=1S/C26H33N5O3/c1-18-13-30(24-12-27-23(11-28-24)20(3)32)14-19(2)31(18)25(33)34-22-9-26(10-22)16-29(17-26)15-21-7-5-4-6-8-21/h4-8,11-12,18-19,22H,9-10,13-17H2,1-3H3/t18-,19-/m1/s1. The van der Waals surface area contributed by atoms with E-state index in [9.17, 15) is 9.59 Å². The SMILES string of the molecule is CC(=O)c1cnc(N2C[C@@H](C)N(C(=O)OC3CC4(C3)CN(Cc3ccccc3)C4)[C@H](C)C2)cn1. The molecule has 3 heterocycles. The van der Waals surface area contributed by atoms with Gasteiger partial charge in [-0.1, -0.05) is 30.3 Å². The van der Waals surface area contributed by atoms with Crippen molar-refractivity contribution in [3.8, 4) is 0 Å². The third kappa shape index (κ3) is 4.51. The number of rotatable bonds is 5. The highest BCUT2D eigenvalue weighted by atomic mass is 16.6. The highest BCUT2D eigenvalue weighted by molar-refractivity contribution is 5.91. The van der Waals surface area contributed by atoms with Crippen molar-refractivity contribution in [2.75, 3.05) is 31.1 Å². The van der Waals surface area contributed by atoms with Crippen molar-refractivity contribution < 1.29 is 14.3 Å². The first-order chi connectivity index (χ1) is 16.3. The minimum Gasteiger partial charge on any atom is -0.446 e. The Balaban J connectivity index is 1.09. The number of ether oxygens (including phenoxy) is 1. The molecule has 0 bridgehead atoms. The zero-order valence-electron chi connectivity index (χ0n) is 20.2. The molecule has 0 unspecified atom stereocenters. The van der Waals surface area contributed by atoms with Crippen molar-refractivity contribution >= 4 is 17.7 Å². The van der Waals surface area contributed by atoms with E-state index in [-0.39, 0.29) is 30.1 Å². The molecule has 8 nitrogen and oxygen atoms in total. The second-order valence-electron chi connectivity index (χ2n) is 10.4. The van der Waals surface area contributed by atoms with E-state index < -0.39 is 0 Å². The van der Waals surface area contributed by atoms with Gasteiger partial charge in [-0.25, -0.2) is 14.8 Å². The van der Waals surface area contributed by atoms with Crippen LogP contribution in [0.1, 0.15) is 49.7 Å². The van der Waals surface area contributed by atoms with Crippen molar-refractivity contribution in [2.24, 2.45) is 5.41 Å². The van der Waals surface area contributed by atoms with Crippen molar-refractivity contribution in [1.29, 1.82) is 0 Å². The molecular formula is C26H33N5O3. The van der Waals surface area contributed by atoms with Crippen LogP contribution in [0.4, 0.5) is 10.6 Å². The first-order valence-corrected chi connectivity index (χ1v) is 12.1. The van der Waals surface area contributed by atoms with Crippen LogP contribution in [0.25, 0.3) is 0 Å². The summed E-state index contributed by atoms with van der Waals surface area (Å²) in [7, 11) is 0. The molecule has 180 valence electrons. The van der Waals surface area contributed by atoms with Crippen LogP contribution in [0.3, 0.4) is 0 Å². The third-order valence-corrected chi connectivity index (χ3v) is 7.41. The van der Waals surface area contributed by atoms with E-state index in [4.69, 9.17) is 4.74 Å². The Hall–Kier alpha value is -3.00. The van der Waals surface area contributed by atoms with E-state index in [0.29, 0.717) is 24.2 Å². The van der Waals surface area contributed by atoms with Gasteiger partial charge in [-0.3, -0.25) is 14.6 Å². The molecule has 3 fully saturated rings. The van der Waals surface area contributed by atoms with Gasteiger partial charge in [0.1, 0.15) is 17.6 Å². The number of hydrogen-bond donors (Lipinski definition) is 0. The predicted octanol–water partition coefficient (Wildman–Crippen LogP) is 3.38. The molecule has 1 amide bonds. The Morgan fingerprint density at radius 2 is 1.71 bits per heavy atom. The van der Waals surface area contributed by atoms with Crippen molar-refractivity contribution in [3.05, 3.63) is 54.0 Å². The van der Waals surface area contributed by atoms with E-state index in [1.54, 1.807) is 6.20 Å². The molecule has 1 saturated carbocycles. The van der Waals surface area contributed by atoms with Crippen LogP contribution in [0.15, 0.2) is 42.7 Å². The molecule has 34 heavy (non-hydrogen) atoms. The zero-order valence-corrected chi connectivity index (χ0v) is 20.2. The van der Waals surface area contributed by atoms with E-state index in [1.165, 1.54) is 18.7 Å². The summed E-state index contributed by atoms with van der Waals surface area (Å²) in [6.45, 7) is 10.0. The number of likely N-dealkylation sites (tertiary alicyclic amines) is 1.